The third-order valence-corrected chi connectivity index (χ3v) is 5.96. The van der Waals surface area contributed by atoms with Crippen molar-refractivity contribution in [3.63, 3.8) is 0 Å². The Bertz CT molecular complexity index is 1000. The lowest BCUT2D eigenvalue weighted by Crippen LogP contribution is -2.06. The van der Waals surface area contributed by atoms with Crippen molar-refractivity contribution in [1.29, 1.82) is 0 Å². The molecule has 0 saturated carbocycles. The van der Waals surface area contributed by atoms with E-state index in [0.29, 0.717) is 11.4 Å². The minimum atomic E-state index is -0.420. The summed E-state index contributed by atoms with van der Waals surface area (Å²) >= 11 is 4.57. The number of thiophene rings is 3. The van der Waals surface area contributed by atoms with Gasteiger partial charge in [0.05, 0.1) is 10.5 Å². The van der Waals surface area contributed by atoms with Crippen molar-refractivity contribution in [2.45, 2.75) is 6.61 Å². The van der Waals surface area contributed by atoms with E-state index >= 15 is 0 Å². The summed E-state index contributed by atoms with van der Waals surface area (Å²) in [6.07, 6.45) is 1.84. The summed E-state index contributed by atoms with van der Waals surface area (Å²) in [7, 11) is 0. The molecule has 26 heavy (non-hydrogen) atoms. The van der Waals surface area contributed by atoms with E-state index in [2.05, 4.69) is 10.1 Å². The summed E-state index contributed by atoms with van der Waals surface area (Å²) in [5.41, 5.74) is 0.514. The van der Waals surface area contributed by atoms with Crippen molar-refractivity contribution in [3.8, 4) is 10.7 Å². The van der Waals surface area contributed by atoms with Crippen LogP contribution in [-0.4, -0.2) is 16.1 Å². The van der Waals surface area contributed by atoms with Crippen LogP contribution in [0.25, 0.3) is 22.4 Å². The highest BCUT2D eigenvalue weighted by Gasteiger charge is 2.17. The van der Waals surface area contributed by atoms with Gasteiger partial charge in [0, 0.05) is 9.75 Å². The third-order valence-electron chi connectivity index (χ3n) is 3.37. The third kappa shape index (κ3) is 3.82. The van der Waals surface area contributed by atoms with Crippen LogP contribution in [0.2, 0.25) is 0 Å². The van der Waals surface area contributed by atoms with E-state index in [0.717, 1.165) is 14.6 Å². The molecular formula is C18H12N2O3S3. The molecule has 0 fully saturated rings. The highest BCUT2D eigenvalue weighted by molar-refractivity contribution is 7.13. The van der Waals surface area contributed by atoms with Gasteiger partial charge in [-0.25, -0.2) is 4.79 Å². The van der Waals surface area contributed by atoms with E-state index in [1.165, 1.54) is 22.7 Å². The van der Waals surface area contributed by atoms with E-state index < -0.39 is 5.97 Å². The molecule has 0 saturated heterocycles. The summed E-state index contributed by atoms with van der Waals surface area (Å²) in [5, 5.41) is 9.75. The summed E-state index contributed by atoms with van der Waals surface area (Å²) in [6, 6.07) is 11.5. The smallest absolute Gasteiger partial charge is 0.340 e. The lowest BCUT2D eigenvalue weighted by Gasteiger charge is -2.05. The van der Waals surface area contributed by atoms with Gasteiger partial charge in [0.15, 0.2) is 6.61 Å². The molecule has 0 aromatic carbocycles. The Kier molecular flexibility index (Phi) is 5.05. The fourth-order valence-corrected chi connectivity index (χ4v) is 4.24. The van der Waals surface area contributed by atoms with Crippen LogP contribution in [0.3, 0.4) is 0 Å². The number of aromatic nitrogens is 2. The number of carbonyl (C=O) groups is 1. The van der Waals surface area contributed by atoms with Crippen molar-refractivity contribution in [3.05, 3.63) is 68.2 Å². The van der Waals surface area contributed by atoms with Crippen LogP contribution in [-0.2, 0) is 16.1 Å². The summed E-state index contributed by atoms with van der Waals surface area (Å²) in [4.78, 5) is 19.6. The maximum Gasteiger partial charge on any atom is 0.340 e. The predicted molar refractivity (Wildman–Crippen MR) is 104 cm³/mol. The zero-order valence-corrected chi connectivity index (χ0v) is 15.8. The van der Waals surface area contributed by atoms with Gasteiger partial charge in [-0.15, -0.1) is 34.0 Å². The molecule has 4 aromatic heterocycles. The molecule has 8 heteroatoms. The molecule has 0 atom stereocenters. The van der Waals surface area contributed by atoms with Gasteiger partial charge in [-0.05, 0) is 40.4 Å². The first-order valence-corrected chi connectivity index (χ1v) is 10.3. The molecule has 0 N–H and O–H groups in total. The number of carbonyl (C=O) groups excluding carboxylic acids is 1. The molecule has 0 radical (unpaired) electrons. The Morgan fingerprint density at radius 1 is 1.08 bits per heavy atom. The standard InChI is InChI=1S/C18H12N2O3S3/c21-18(13(14-5-2-8-25-14)10-12-4-1-7-24-12)22-11-16-19-17(20-23-16)15-6-3-9-26-15/h1-10H,11H2/b13-10+. The first kappa shape index (κ1) is 16.9. The van der Waals surface area contributed by atoms with E-state index in [4.69, 9.17) is 9.26 Å². The Labute approximate surface area is 161 Å². The molecule has 130 valence electrons. The van der Waals surface area contributed by atoms with Crippen LogP contribution >= 0.6 is 34.0 Å². The van der Waals surface area contributed by atoms with E-state index in [9.17, 15) is 4.79 Å². The molecule has 0 aliphatic rings. The molecular weight excluding hydrogens is 388 g/mol. The van der Waals surface area contributed by atoms with Gasteiger partial charge < -0.3 is 9.26 Å². The fraction of sp³-hybridized carbons (Fsp3) is 0.0556. The van der Waals surface area contributed by atoms with Crippen molar-refractivity contribution in [2.24, 2.45) is 0 Å². The second-order valence-corrected chi connectivity index (χ2v) is 7.99. The van der Waals surface area contributed by atoms with Crippen LogP contribution in [0.4, 0.5) is 0 Å². The number of hydrogen-bond acceptors (Lipinski definition) is 8. The minimum absolute atomic E-state index is 0.0651. The molecule has 0 bridgehead atoms. The van der Waals surface area contributed by atoms with E-state index in [-0.39, 0.29) is 12.5 Å². The molecule has 0 unspecified atom stereocenters. The zero-order valence-electron chi connectivity index (χ0n) is 13.3. The number of esters is 1. The highest BCUT2D eigenvalue weighted by Crippen LogP contribution is 2.26. The number of ether oxygens (including phenoxy) is 1. The maximum absolute atomic E-state index is 12.6. The Morgan fingerprint density at radius 3 is 2.62 bits per heavy atom. The topological polar surface area (TPSA) is 65.2 Å². The molecule has 0 aliphatic carbocycles. The average Bonchev–Trinajstić information content (AvgIpc) is 3.44. The first-order chi connectivity index (χ1) is 12.8. The Hall–Kier alpha value is -2.55. The van der Waals surface area contributed by atoms with Gasteiger partial charge in [-0.1, -0.05) is 23.4 Å². The molecule has 0 aliphatic heterocycles. The van der Waals surface area contributed by atoms with Crippen molar-refractivity contribution < 1.29 is 14.1 Å². The van der Waals surface area contributed by atoms with Crippen LogP contribution < -0.4 is 0 Å². The van der Waals surface area contributed by atoms with E-state index in [1.54, 1.807) is 11.3 Å². The lowest BCUT2D eigenvalue weighted by atomic mass is 10.2. The van der Waals surface area contributed by atoms with Gasteiger partial charge in [-0.2, -0.15) is 4.98 Å². The quantitative estimate of drug-likeness (QED) is 0.328. The SMILES string of the molecule is O=C(OCc1nc(-c2cccs2)no1)/C(=C/c1cccs1)c1cccs1. The van der Waals surface area contributed by atoms with Crippen LogP contribution in [0.5, 0.6) is 0 Å². The molecule has 4 rings (SSSR count). The summed E-state index contributed by atoms with van der Waals surface area (Å²) in [5.74, 6) is 0.346. The normalized spacial score (nSPS) is 11.6. The van der Waals surface area contributed by atoms with Gasteiger partial charge in [0.2, 0.25) is 5.82 Å². The fourth-order valence-electron chi connectivity index (χ4n) is 2.20. The lowest BCUT2D eigenvalue weighted by molar-refractivity contribution is -0.138. The zero-order chi connectivity index (χ0) is 17.8. The molecule has 4 aromatic rings. The van der Waals surface area contributed by atoms with E-state index in [1.807, 2.05) is 58.6 Å². The number of rotatable bonds is 6. The Balaban J connectivity index is 1.49. The number of hydrogen-bond donors (Lipinski definition) is 0. The first-order valence-electron chi connectivity index (χ1n) is 7.62. The van der Waals surface area contributed by atoms with Crippen molar-refractivity contribution in [1.82, 2.24) is 10.1 Å². The number of nitrogens with zero attached hydrogens (tertiary/aromatic N) is 2. The molecule has 5 nitrogen and oxygen atoms in total. The van der Waals surface area contributed by atoms with Gasteiger partial charge in [0.1, 0.15) is 0 Å². The molecule has 0 amide bonds. The van der Waals surface area contributed by atoms with Crippen LogP contribution in [0, 0.1) is 0 Å². The van der Waals surface area contributed by atoms with Gasteiger partial charge in [0.25, 0.3) is 5.89 Å². The van der Waals surface area contributed by atoms with Crippen molar-refractivity contribution >= 4 is 51.6 Å². The van der Waals surface area contributed by atoms with Crippen LogP contribution in [0.1, 0.15) is 15.6 Å². The second-order valence-electron chi connectivity index (χ2n) is 5.12. The van der Waals surface area contributed by atoms with Crippen LogP contribution in [0.15, 0.2) is 57.1 Å². The van der Waals surface area contributed by atoms with Gasteiger partial charge >= 0.3 is 5.97 Å². The van der Waals surface area contributed by atoms with Crippen molar-refractivity contribution in [2.75, 3.05) is 0 Å². The summed E-state index contributed by atoms with van der Waals surface area (Å²) in [6.45, 7) is -0.0651. The second kappa shape index (κ2) is 7.77. The summed E-state index contributed by atoms with van der Waals surface area (Å²) < 4.78 is 10.6. The Morgan fingerprint density at radius 2 is 1.88 bits per heavy atom. The molecule has 0 spiro atoms. The molecule has 4 heterocycles. The predicted octanol–water partition coefficient (Wildman–Crippen LogP) is 5.21. The van der Waals surface area contributed by atoms with Gasteiger partial charge in [-0.3, -0.25) is 0 Å². The highest BCUT2D eigenvalue weighted by atomic mass is 32.1. The minimum Gasteiger partial charge on any atom is -0.452 e. The monoisotopic (exact) mass is 400 g/mol. The maximum atomic E-state index is 12.6. The average molecular weight is 401 g/mol. The largest absolute Gasteiger partial charge is 0.452 e.